The van der Waals surface area contributed by atoms with Crippen LogP contribution in [0, 0.1) is 0 Å². The first kappa shape index (κ1) is 9.40. The van der Waals surface area contributed by atoms with Gasteiger partial charge in [0, 0.05) is 11.9 Å². The summed E-state index contributed by atoms with van der Waals surface area (Å²) in [5, 5.41) is 0. The number of aromatic nitrogens is 2. The number of rotatable bonds is 2. The minimum absolute atomic E-state index is 0.772. The molecule has 1 aromatic carbocycles. The first-order chi connectivity index (χ1) is 7.34. The van der Waals surface area contributed by atoms with Gasteiger partial charge in [0.15, 0.2) is 0 Å². The first-order valence-electron chi connectivity index (χ1n) is 4.64. The van der Waals surface area contributed by atoms with Gasteiger partial charge in [-0.3, -0.25) is 0 Å². The fourth-order valence-electron chi connectivity index (χ4n) is 1.19. The standard InChI is InChI=1S/C12H11N3/c13-11-4-1-10(2-5-11)3-6-12-7-8-14-9-15-12/h1-9H,13H2/b6-3+. The molecule has 3 nitrogen and oxygen atoms in total. The van der Waals surface area contributed by atoms with Gasteiger partial charge in [0.05, 0.1) is 5.69 Å². The Labute approximate surface area is 88.3 Å². The minimum atomic E-state index is 0.772. The van der Waals surface area contributed by atoms with E-state index in [0.717, 1.165) is 16.9 Å². The molecule has 0 aliphatic rings. The van der Waals surface area contributed by atoms with Crippen molar-refractivity contribution in [2.24, 2.45) is 0 Å². The van der Waals surface area contributed by atoms with Crippen molar-refractivity contribution in [2.75, 3.05) is 5.73 Å². The Hall–Kier alpha value is -2.16. The molecular formula is C12H11N3. The summed E-state index contributed by atoms with van der Waals surface area (Å²) in [7, 11) is 0. The molecule has 0 saturated carbocycles. The smallest absolute Gasteiger partial charge is 0.115 e. The van der Waals surface area contributed by atoms with Gasteiger partial charge in [-0.05, 0) is 29.8 Å². The van der Waals surface area contributed by atoms with Gasteiger partial charge >= 0.3 is 0 Å². The topological polar surface area (TPSA) is 51.8 Å². The van der Waals surface area contributed by atoms with E-state index in [1.165, 1.54) is 6.33 Å². The summed E-state index contributed by atoms with van der Waals surface area (Å²) < 4.78 is 0. The highest BCUT2D eigenvalue weighted by Crippen LogP contribution is 2.08. The number of anilines is 1. The third-order valence-corrected chi connectivity index (χ3v) is 1.99. The molecule has 3 heteroatoms. The predicted molar refractivity (Wildman–Crippen MR) is 61.8 cm³/mol. The molecule has 0 fully saturated rings. The fourth-order valence-corrected chi connectivity index (χ4v) is 1.19. The molecule has 2 rings (SSSR count). The Morgan fingerprint density at radius 1 is 1.00 bits per heavy atom. The lowest BCUT2D eigenvalue weighted by atomic mass is 10.2. The Morgan fingerprint density at radius 3 is 2.47 bits per heavy atom. The molecule has 2 aromatic rings. The highest BCUT2D eigenvalue weighted by Gasteiger charge is 1.88. The molecule has 0 saturated heterocycles. The number of hydrogen-bond donors (Lipinski definition) is 1. The van der Waals surface area contributed by atoms with E-state index in [1.807, 2.05) is 42.5 Å². The fraction of sp³-hybridized carbons (Fsp3) is 0. The molecule has 0 amide bonds. The van der Waals surface area contributed by atoms with Crippen molar-refractivity contribution in [3.8, 4) is 0 Å². The van der Waals surface area contributed by atoms with Gasteiger partial charge in [-0.25, -0.2) is 9.97 Å². The molecule has 0 unspecified atom stereocenters. The highest BCUT2D eigenvalue weighted by atomic mass is 14.8. The number of hydrogen-bond acceptors (Lipinski definition) is 3. The third-order valence-electron chi connectivity index (χ3n) is 1.99. The van der Waals surface area contributed by atoms with Gasteiger partial charge in [-0.2, -0.15) is 0 Å². The largest absolute Gasteiger partial charge is 0.399 e. The maximum Gasteiger partial charge on any atom is 0.115 e. The van der Waals surface area contributed by atoms with Crippen molar-refractivity contribution in [3.63, 3.8) is 0 Å². The van der Waals surface area contributed by atoms with Gasteiger partial charge in [-0.1, -0.05) is 18.2 Å². The molecule has 0 spiro atoms. The van der Waals surface area contributed by atoms with Crippen LogP contribution in [0.1, 0.15) is 11.3 Å². The molecule has 2 N–H and O–H groups in total. The second kappa shape index (κ2) is 4.37. The maximum atomic E-state index is 5.59. The summed E-state index contributed by atoms with van der Waals surface area (Å²) in [4.78, 5) is 7.94. The van der Waals surface area contributed by atoms with Gasteiger partial charge in [0.25, 0.3) is 0 Å². The van der Waals surface area contributed by atoms with Crippen LogP contribution >= 0.6 is 0 Å². The third kappa shape index (κ3) is 2.64. The average molecular weight is 197 g/mol. The Morgan fingerprint density at radius 2 is 1.80 bits per heavy atom. The molecular weight excluding hydrogens is 186 g/mol. The van der Waals surface area contributed by atoms with Gasteiger partial charge in [-0.15, -0.1) is 0 Å². The molecule has 0 aliphatic heterocycles. The predicted octanol–water partition coefficient (Wildman–Crippen LogP) is 2.23. The van der Waals surface area contributed by atoms with Gasteiger partial charge < -0.3 is 5.73 Å². The molecule has 1 heterocycles. The Bertz CT molecular complexity index is 446. The van der Waals surface area contributed by atoms with Crippen LogP contribution < -0.4 is 5.73 Å². The van der Waals surface area contributed by atoms with E-state index >= 15 is 0 Å². The SMILES string of the molecule is Nc1ccc(/C=C/c2ccncn2)cc1. The zero-order valence-corrected chi connectivity index (χ0v) is 8.17. The van der Waals surface area contributed by atoms with Crippen LogP contribution in [0.15, 0.2) is 42.9 Å². The second-order valence-electron chi connectivity index (χ2n) is 3.13. The van der Waals surface area contributed by atoms with E-state index in [2.05, 4.69) is 9.97 Å². The van der Waals surface area contributed by atoms with E-state index in [-0.39, 0.29) is 0 Å². The quantitative estimate of drug-likeness (QED) is 0.751. The van der Waals surface area contributed by atoms with Gasteiger partial charge in [0.1, 0.15) is 6.33 Å². The van der Waals surface area contributed by atoms with Gasteiger partial charge in [0.2, 0.25) is 0 Å². The van der Waals surface area contributed by atoms with E-state index in [1.54, 1.807) is 6.20 Å². The highest BCUT2D eigenvalue weighted by molar-refractivity contribution is 5.68. The summed E-state index contributed by atoms with van der Waals surface area (Å²) in [6, 6.07) is 9.53. The van der Waals surface area contributed by atoms with Crippen molar-refractivity contribution in [1.29, 1.82) is 0 Å². The number of benzene rings is 1. The van der Waals surface area contributed by atoms with Crippen LogP contribution in [-0.2, 0) is 0 Å². The van der Waals surface area contributed by atoms with E-state index < -0.39 is 0 Å². The van der Waals surface area contributed by atoms with Crippen molar-refractivity contribution >= 4 is 17.8 Å². The molecule has 74 valence electrons. The molecule has 0 aliphatic carbocycles. The zero-order valence-electron chi connectivity index (χ0n) is 8.17. The lowest BCUT2D eigenvalue weighted by Gasteiger charge is -1.94. The lowest BCUT2D eigenvalue weighted by molar-refractivity contribution is 1.15. The average Bonchev–Trinajstić information content (AvgIpc) is 2.30. The number of nitrogens with two attached hydrogens (primary N) is 1. The summed E-state index contributed by atoms with van der Waals surface area (Å²) in [5.74, 6) is 0. The molecule has 0 bridgehead atoms. The van der Waals surface area contributed by atoms with Crippen LogP contribution in [0.5, 0.6) is 0 Å². The Kier molecular flexibility index (Phi) is 2.74. The van der Waals surface area contributed by atoms with Crippen molar-refractivity contribution < 1.29 is 0 Å². The number of nitrogens with zero attached hydrogens (tertiary/aromatic N) is 2. The van der Waals surface area contributed by atoms with E-state index in [9.17, 15) is 0 Å². The molecule has 0 atom stereocenters. The first-order valence-corrected chi connectivity index (χ1v) is 4.64. The summed E-state index contributed by atoms with van der Waals surface area (Å²) >= 11 is 0. The van der Waals surface area contributed by atoms with E-state index in [0.29, 0.717) is 0 Å². The van der Waals surface area contributed by atoms with Crippen LogP contribution in [0.4, 0.5) is 5.69 Å². The van der Waals surface area contributed by atoms with Crippen LogP contribution in [0.3, 0.4) is 0 Å². The summed E-state index contributed by atoms with van der Waals surface area (Å²) in [6.45, 7) is 0. The zero-order chi connectivity index (χ0) is 10.5. The van der Waals surface area contributed by atoms with E-state index in [4.69, 9.17) is 5.73 Å². The minimum Gasteiger partial charge on any atom is -0.399 e. The molecule has 0 radical (unpaired) electrons. The molecule has 15 heavy (non-hydrogen) atoms. The van der Waals surface area contributed by atoms with Crippen LogP contribution in [0.25, 0.3) is 12.2 Å². The summed E-state index contributed by atoms with van der Waals surface area (Å²) in [6.07, 6.45) is 7.17. The number of nitrogen functional groups attached to an aromatic ring is 1. The van der Waals surface area contributed by atoms with Crippen LogP contribution in [-0.4, -0.2) is 9.97 Å². The monoisotopic (exact) mass is 197 g/mol. The van der Waals surface area contributed by atoms with Crippen molar-refractivity contribution in [1.82, 2.24) is 9.97 Å². The second-order valence-corrected chi connectivity index (χ2v) is 3.13. The normalized spacial score (nSPS) is 10.7. The van der Waals surface area contributed by atoms with Crippen molar-refractivity contribution in [3.05, 3.63) is 54.1 Å². The van der Waals surface area contributed by atoms with Crippen molar-refractivity contribution in [2.45, 2.75) is 0 Å². The lowest BCUT2D eigenvalue weighted by Crippen LogP contribution is -1.83. The summed E-state index contributed by atoms with van der Waals surface area (Å²) in [5.41, 5.74) is 8.35. The Balaban J connectivity index is 2.15. The van der Waals surface area contributed by atoms with Crippen LogP contribution in [0.2, 0.25) is 0 Å². The maximum absolute atomic E-state index is 5.59. The molecule has 1 aromatic heterocycles.